The molecule has 0 aliphatic rings. The van der Waals surface area contributed by atoms with Gasteiger partial charge in [-0.1, -0.05) is 13.3 Å². The van der Waals surface area contributed by atoms with Crippen molar-refractivity contribution in [1.29, 1.82) is 0 Å². The number of hydrogen-bond donors (Lipinski definition) is 0. The maximum Gasteiger partial charge on any atom is 0 e. The van der Waals surface area contributed by atoms with Crippen LogP contribution in [0.5, 0.6) is 0 Å². The topological polar surface area (TPSA) is 0 Å². The van der Waals surface area contributed by atoms with E-state index < -0.39 is 0 Å². The molecule has 0 saturated heterocycles. The minimum absolute atomic E-state index is 0. The van der Waals surface area contributed by atoms with E-state index in [-0.39, 0.29) is 31.9 Å². The zero-order valence-electron chi connectivity index (χ0n) is 6.13. The van der Waals surface area contributed by atoms with Crippen LogP contribution in [0.25, 0.3) is 0 Å². The first-order chi connectivity index (χ1) is 3.93. The molecule has 0 radical (unpaired) electrons. The average Bonchev–Trinajstić information content (AvgIpc) is 1.90. The zero-order valence-corrected chi connectivity index (χ0v) is 9.92. The Bertz CT molecular complexity index is 151. The third-order valence-corrected chi connectivity index (χ3v) is 1.15. The van der Waals surface area contributed by atoms with Crippen molar-refractivity contribution < 1.29 is 19.5 Å². The van der Waals surface area contributed by atoms with Crippen molar-refractivity contribution in [3.05, 3.63) is 35.9 Å². The molecule has 52 valence electrons. The van der Waals surface area contributed by atoms with Crippen LogP contribution in [0.15, 0.2) is 24.3 Å². The Morgan fingerprint density at radius 1 is 1.40 bits per heavy atom. The van der Waals surface area contributed by atoms with Crippen molar-refractivity contribution in [2.24, 2.45) is 0 Å². The molecule has 1 aromatic carbocycles. The van der Waals surface area contributed by atoms with Gasteiger partial charge in [0.15, 0.2) is 0 Å². The van der Waals surface area contributed by atoms with E-state index in [2.05, 4.69) is 19.1 Å². The van der Waals surface area contributed by atoms with Crippen molar-refractivity contribution in [2.75, 3.05) is 0 Å². The van der Waals surface area contributed by atoms with E-state index in [4.69, 9.17) is 0 Å². The Morgan fingerprint density at radius 3 is 2.40 bits per heavy atom. The van der Waals surface area contributed by atoms with Gasteiger partial charge in [-0.25, -0.2) is 0 Å². The molecule has 0 heterocycles. The first-order valence-corrected chi connectivity index (χ1v) is 2.89. The van der Waals surface area contributed by atoms with E-state index in [1.54, 1.807) is 0 Å². The molecule has 0 atom stereocenters. The molecule has 0 aliphatic carbocycles. The Morgan fingerprint density at radius 2 is 2.10 bits per heavy atom. The quantitative estimate of drug-likeness (QED) is 0.490. The van der Waals surface area contributed by atoms with Crippen LogP contribution in [0.4, 0.5) is 0 Å². The molecule has 0 fully saturated rings. The summed E-state index contributed by atoms with van der Waals surface area (Å²) < 4.78 is 0. The van der Waals surface area contributed by atoms with E-state index in [9.17, 15) is 0 Å². The third kappa shape index (κ3) is 4.03. The van der Waals surface area contributed by atoms with Crippen LogP contribution in [0.2, 0.25) is 0 Å². The van der Waals surface area contributed by atoms with Crippen LogP contribution < -0.4 is 0 Å². The van der Waals surface area contributed by atoms with Crippen LogP contribution >= 0.6 is 12.4 Å². The van der Waals surface area contributed by atoms with Crippen molar-refractivity contribution in [1.82, 2.24) is 0 Å². The second-order valence-electron chi connectivity index (χ2n) is 1.74. The largest absolute Gasteiger partial charge is 0.180 e. The summed E-state index contributed by atoms with van der Waals surface area (Å²) in [6.45, 7) is 2.13. The standard InChI is InChI=1S/C8H9.ClH.Zn/c1-2-8-6-4-3-5-7-8;;/h3-6H,2H2,1H3;1H;/q-1;;. The summed E-state index contributed by atoms with van der Waals surface area (Å²) in [7, 11) is 0. The van der Waals surface area contributed by atoms with Gasteiger partial charge in [0.2, 0.25) is 0 Å². The van der Waals surface area contributed by atoms with E-state index in [1.807, 2.05) is 18.2 Å². The summed E-state index contributed by atoms with van der Waals surface area (Å²) in [6, 6.07) is 11.2. The Labute approximate surface area is 81.2 Å². The fraction of sp³-hybridized carbons (Fsp3) is 0.250. The molecule has 0 aromatic heterocycles. The van der Waals surface area contributed by atoms with E-state index in [0.717, 1.165) is 6.42 Å². The zero-order chi connectivity index (χ0) is 5.82. The van der Waals surface area contributed by atoms with Crippen molar-refractivity contribution >= 4 is 12.4 Å². The van der Waals surface area contributed by atoms with Gasteiger partial charge in [-0.2, -0.15) is 35.9 Å². The summed E-state index contributed by atoms with van der Waals surface area (Å²) in [5, 5.41) is 0. The summed E-state index contributed by atoms with van der Waals surface area (Å²) in [5.41, 5.74) is 1.28. The first kappa shape index (κ1) is 12.8. The van der Waals surface area contributed by atoms with Gasteiger partial charge < -0.3 is 0 Å². The molecule has 1 aromatic rings. The van der Waals surface area contributed by atoms with Crippen LogP contribution in [-0.4, -0.2) is 0 Å². The van der Waals surface area contributed by atoms with E-state index >= 15 is 0 Å². The minimum atomic E-state index is 0. The smallest absolute Gasteiger partial charge is 0 e. The summed E-state index contributed by atoms with van der Waals surface area (Å²) >= 11 is 0. The molecule has 1 rings (SSSR count). The Hall–Kier alpha value is 0.133. The van der Waals surface area contributed by atoms with Crippen LogP contribution in [0.1, 0.15) is 12.5 Å². The van der Waals surface area contributed by atoms with Gasteiger partial charge in [-0.3, -0.25) is 0 Å². The molecule has 0 N–H and O–H groups in total. The Balaban J connectivity index is 0. The maximum absolute atomic E-state index is 3.12. The van der Waals surface area contributed by atoms with Crippen molar-refractivity contribution in [2.45, 2.75) is 13.3 Å². The minimum Gasteiger partial charge on any atom is -0.180 e. The van der Waals surface area contributed by atoms with Gasteiger partial charge in [0.05, 0.1) is 0 Å². The fourth-order valence-electron chi connectivity index (χ4n) is 0.650. The number of benzene rings is 1. The van der Waals surface area contributed by atoms with Gasteiger partial charge in [0.1, 0.15) is 0 Å². The van der Waals surface area contributed by atoms with Crippen LogP contribution in [0.3, 0.4) is 0 Å². The second-order valence-corrected chi connectivity index (χ2v) is 1.74. The summed E-state index contributed by atoms with van der Waals surface area (Å²) in [6.07, 6.45) is 1.08. The molecule has 10 heavy (non-hydrogen) atoms. The summed E-state index contributed by atoms with van der Waals surface area (Å²) in [4.78, 5) is 0. The first-order valence-electron chi connectivity index (χ1n) is 2.89. The summed E-state index contributed by atoms with van der Waals surface area (Å²) in [5.74, 6) is 0. The predicted octanol–water partition coefficient (Wildman–Crippen LogP) is 2.47. The molecule has 0 bridgehead atoms. The van der Waals surface area contributed by atoms with Gasteiger partial charge >= 0.3 is 0 Å². The number of hydrogen-bond acceptors (Lipinski definition) is 0. The third-order valence-electron chi connectivity index (χ3n) is 1.15. The van der Waals surface area contributed by atoms with Gasteiger partial charge in [-0.15, -0.1) is 12.4 Å². The molecular formula is C8H10ClZn-. The van der Waals surface area contributed by atoms with Gasteiger partial charge in [0.25, 0.3) is 0 Å². The molecule has 2 heteroatoms. The molecule has 0 spiro atoms. The van der Waals surface area contributed by atoms with Crippen LogP contribution in [0, 0.1) is 6.07 Å². The van der Waals surface area contributed by atoms with Gasteiger partial charge in [0, 0.05) is 19.5 Å². The maximum atomic E-state index is 3.12. The number of aryl methyl sites for hydroxylation is 1. The van der Waals surface area contributed by atoms with E-state index in [1.165, 1.54) is 5.56 Å². The number of halogens is 1. The van der Waals surface area contributed by atoms with Crippen molar-refractivity contribution in [3.8, 4) is 0 Å². The average molecular weight is 207 g/mol. The van der Waals surface area contributed by atoms with Crippen molar-refractivity contribution in [3.63, 3.8) is 0 Å². The molecule has 0 unspecified atom stereocenters. The normalized spacial score (nSPS) is 7.30. The second kappa shape index (κ2) is 7.24. The number of rotatable bonds is 1. The van der Waals surface area contributed by atoms with Gasteiger partial charge in [-0.05, 0) is 0 Å². The fourth-order valence-corrected chi connectivity index (χ4v) is 0.650. The molecular weight excluding hydrogens is 197 g/mol. The molecule has 0 amide bonds. The van der Waals surface area contributed by atoms with E-state index in [0.29, 0.717) is 0 Å². The predicted molar refractivity (Wildman–Crippen MR) is 41.9 cm³/mol. The Kier molecular flexibility index (Phi) is 9.26. The molecule has 0 nitrogen and oxygen atoms in total. The van der Waals surface area contributed by atoms with Crippen LogP contribution in [-0.2, 0) is 25.9 Å². The molecule has 0 aliphatic heterocycles. The monoisotopic (exact) mass is 205 g/mol. The SMILES string of the molecule is CCc1[c-]cccc1.Cl.[Zn]. The molecule has 0 saturated carbocycles.